The maximum absolute atomic E-state index is 5.28. The van der Waals surface area contributed by atoms with E-state index in [1.807, 2.05) is 23.5 Å². The van der Waals surface area contributed by atoms with Gasteiger partial charge in [0.1, 0.15) is 10.0 Å². The first-order valence-corrected chi connectivity index (χ1v) is 17.7. The normalized spacial score (nSPS) is 12.5. The van der Waals surface area contributed by atoms with Gasteiger partial charge in [-0.2, -0.15) is 0 Å². The third kappa shape index (κ3) is 5.12. The van der Waals surface area contributed by atoms with Crippen LogP contribution in [-0.2, 0) is 0 Å². The van der Waals surface area contributed by atoms with Gasteiger partial charge in [-0.1, -0.05) is 121 Å². The molecule has 44 heavy (non-hydrogen) atoms. The van der Waals surface area contributed by atoms with Crippen molar-refractivity contribution in [1.82, 2.24) is 9.97 Å². The smallest absolute Gasteiger partial charge is 0.124 e. The quantitative estimate of drug-likeness (QED) is 0.187. The van der Waals surface area contributed by atoms with E-state index in [4.69, 9.17) is 9.97 Å². The Bertz CT molecular complexity index is 2110. The van der Waals surface area contributed by atoms with Gasteiger partial charge in [-0.05, 0) is 54.8 Å². The van der Waals surface area contributed by atoms with Gasteiger partial charge >= 0.3 is 0 Å². The fourth-order valence-corrected chi connectivity index (χ4v) is 9.85. The summed E-state index contributed by atoms with van der Waals surface area (Å²) >= 11 is 7.21. The molecular weight excluding hydrogens is 613 g/mol. The molecule has 2 nitrogen and oxygen atoms in total. The monoisotopic (exact) mass is 638 g/mol. The summed E-state index contributed by atoms with van der Waals surface area (Å²) in [5, 5.41) is 2.07. The molecule has 0 saturated carbocycles. The van der Waals surface area contributed by atoms with Crippen molar-refractivity contribution in [1.29, 1.82) is 0 Å². The molecule has 0 saturated heterocycles. The molecule has 212 valence electrons. The highest BCUT2D eigenvalue weighted by Crippen LogP contribution is 2.52. The highest BCUT2D eigenvalue weighted by molar-refractivity contribution is 8.24. The average Bonchev–Trinajstić information content (AvgIpc) is 3.81. The molecule has 0 fully saturated rings. The van der Waals surface area contributed by atoms with E-state index < -0.39 is 0 Å². The molecule has 0 bridgehead atoms. The molecule has 3 heterocycles. The zero-order valence-corrected chi connectivity index (χ0v) is 27.3. The lowest BCUT2D eigenvalue weighted by Crippen LogP contribution is -1.88. The second-order valence-corrected chi connectivity index (χ2v) is 15.5. The summed E-state index contributed by atoms with van der Waals surface area (Å²) in [4.78, 5) is 15.6. The lowest BCUT2D eigenvalue weighted by Gasteiger charge is -2.06. The Morgan fingerprint density at radius 2 is 1.02 bits per heavy atom. The van der Waals surface area contributed by atoms with E-state index in [1.165, 1.54) is 40.5 Å². The summed E-state index contributed by atoms with van der Waals surface area (Å²) < 4.78 is 1.30. The molecule has 8 rings (SSSR count). The third-order valence-electron chi connectivity index (χ3n) is 7.76. The predicted molar refractivity (Wildman–Crippen MR) is 192 cm³/mol. The number of hydrogen-bond acceptors (Lipinski definition) is 6. The Hall–Kier alpha value is -3.94. The van der Waals surface area contributed by atoms with Crippen LogP contribution in [0.15, 0.2) is 129 Å². The summed E-state index contributed by atoms with van der Waals surface area (Å²) in [6, 6.07) is 40.9. The summed E-state index contributed by atoms with van der Waals surface area (Å²) in [6.07, 6.45) is 2.34. The number of rotatable bonds is 5. The minimum absolute atomic E-state index is 1.02. The molecule has 3 aliphatic rings. The third-order valence-corrected chi connectivity index (χ3v) is 12.2. The summed E-state index contributed by atoms with van der Waals surface area (Å²) in [6.45, 7) is 4.37. The number of aromatic nitrogens is 2. The first-order valence-electron chi connectivity index (χ1n) is 14.4. The molecule has 2 aromatic heterocycles. The fourth-order valence-electron chi connectivity index (χ4n) is 5.59. The Morgan fingerprint density at radius 1 is 0.500 bits per heavy atom. The van der Waals surface area contributed by atoms with Crippen molar-refractivity contribution in [3.8, 4) is 54.8 Å². The minimum atomic E-state index is 1.02. The fraction of sp³-hybridized carbons (Fsp3) is 0.0526. The molecular formula is C38H26N2S4. The molecule has 0 radical (unpaired) electrons. The largest absolute Gasteiger partial charge is 0.236 e. The molecule has 1 aliphatic heterocycles. The maximum atomic E-state index is 5.28. The van der Waals surface area contributed by atoms with Crippen LogP contribution >= 0.6 is 46.2 Å². The second kappa shape index (κ2) is 11.5. The standard InChI is InChI=1S/C38H26N2S4/c1-23-35(39-37(41-23)26-11-5-3-6-12-26)29-20-19-25-17-18-28(21-34-43-32-15-9-10-16-33(32)44-34)30(25)22-31(29)36-24(2)42-38(40-36)27-13-7-4-8-14-27/h3-22H,1-2H3. The maximum Gasteiger partial charge on any atom is 0.124 e. The van der Waals surface area contributed by atoms with Crippen LogP contribution in [0.3, 0.4) is 0 Å². The van der Waals surface area contributed by atoms with E-state index in [2.05, 4.69) is 135 Å². The second-order valence-electron chi connectivity index (χ2n) is 10.7. The minimum Gasteiger partial charge on any atom is -0.236 e. The van der Waals surface area contributed by atoms with Crippen LogP contribution in [0, 0.1) is 13.8 Å². The van der Waals surface area contributed by atoms with E-state index in [0.717, 1.165) is 43.7 Å². The Labute approximate surface area is 273 Å². The number of thiazole rings is 2. The molecule has 0 atom stereocenters. The Morgan fingerprint density at radius 3 is 1.61 bits per heavy atom. The molecule has 3 aromatic carbocycles. The summed E-state index contributed by atoms with van der Waals surface area (Å²) in [5.41, 5.74) is 10.2. The van der Waals surface area contributed by atoms with Crippen molar-refractivity contribution < 1.29 is 0 Å². The average molecular weight is 639 g/mol. The van der Waals surface area contributed by atoms with Crippen molar-refractivity contribution in [3.05, 3.63) is 135 Å². The van der Waals surface area contributed by atoms with Crippen molar-refractivity contribution in [3.63, 3.8) is 0 Å². The van der Waals surface area contributed by atoms with Crippen molar-refractivity contribution in [2.75, 3.05) is 0 Å². The van der Waals surface area contributed by atoms with Gasteiger partial charge in [-0.3, -0.25) is 0 Å². The Balaban J connectivity index is 1.32. The molecule has 0 amide bonds. The summed E-state index contributed by atoms with van der Waals surface area (Å²) in [7, 11) is 0. The van der Waals surface area contributed by atoms with E-state index in [0.29, 0.717) is 0 Å². The Kier molecular flexibility index (Phi) is 7.23. The van der Waals surface area contributed by atoms with Crippen LogP contribution in [-0.4, -0.2) is 9.97 Å². The van der Waals surface area contributed by atoms with Gasteiger partial charge in [-0.15, -0.1) is 22.7 Å². The van der Waals surface area contributed by atoms with Gasteiger partial charge in [0.25, 0.3) is 0 Å². The van der Waals surface area contributed by atoms with Gasteiger partial charge < -0.3 is 0 Å². The highest BCUT2D eigenvalue weighted by atomic mass is 32.2. The van der Waals surface area contributed by atoms with Gasteiger partial charge in [0.05, 0.1) is 15.6 Å². The van der Waals surface area contributed by atoms with Crippen LogP contribution < -0.4 is 0 Å². The lowest BCUT2D eigenvalue weighted by molar-refractivity contribution is 1.27. The van der Waals surface area contributed by atoms with E-state index >= 15 is 0 Å². The molecule has 2 aliphatic carbocycles. The number of fused-ring (bicyclic) bond motifs is 2. The molecule has 6 heteroatoms. The first kappa shape index (κ1) is 27.6. The number of nitrogens with zero attached hydrogens (tertiary/aromatic N) is 2. The van der Waals surface area contributed by atoms with Crippen LogP contribution in [0.4, 0.5) is 0 Å². The van der Waals surface area contributed by atoms with E-state index in [9.17, 15) is 0 Å². The van der Waals surface area contributed by atoms with Crippen LogP contribution in [0.5, 0.6) is 0 Å². The highest BCUT2D eigenvalue weighted by Gasteiger charge is 2.22. The number of benzene rings is 3. The van der Waals surface area contributed by atoms with E-state index in [1.54, 1.807) is 22.7 Å². The number of thioether (sulfide) groups is 2. The molecule has 0 spiro atoms. The van der Waals surface area contributed by atoms with Crippen molar-refractivity contribution in [2.45, 2.75) is 23.6 Å². The van der Waals surface area contributed by atoms with Crippen LogP contribution in [0.25, 0.3) is 60.9 Å². The first-order chi connectivity index (χ1) is 21.6. The topological polar surface area (TPSA) is 25.8 Å². The summed E-state index contributed by atoms with van der Waals surface area (Å²) in [5.74, 6) is 0. The molecule has 0 N–H and O–H groups in total. The van der Waals surface area contributed by atoms with Gasteiger partial charge in [-0.25, -0.2) is 9.97 Å². The van der Waals surface area contributed by atoms with Crippen LogP contribution in [0.2, 0.25) is 0 Å². The number of hydrogen-bond donors (Lipinski definition) is 0. The molecule has 0 unspecified atom stereocenters. The van der Waals surface area contributed by atoms with E-state index in [-0.39, 0.29) is 0 Å². The zero-order chi connectivity index (χ0) is 29.6. The SMILES string of the molecule is Cc1sc(-c2ccccc2)nc1-c1ccc2ccc(C=C3Sc4ccccc4S3)c-2cc1-c1nc(-c2ccccc2)sc1C. The van der Waals surface area contributed by atoms with Gasteiger partial charge in [0.2, 0.25) is 0 Å². The molecule has 5 aromatic rings. The van der Waals surface area contributed by atoms with Crippen LogP contribution in [0.1, 0.15) is 15.3 Å². The predicted octanol–water partition coefficient (Wildman–Crippen LogP) is 12.2. The zero-order valence-electron chi connectivity index (χ0n) is 24.1. The van der Waals surface area contributed by atoms with Gasteiger partial charge in [0, 0.05) is 41.8 Å². The number of aryl methyl sites for hydroxylation is 2. The lowest BCUT2D eigenvalue weighted by atomic mass is 10.0. The van der Waals surface area contributed by atoms with Gasteiger partial charge in [0.15, 0.2) is 0 Å². The van der Waals surface area contributed by atoms with Crippen molar-refractivity contribution >= 4 is 52.3 Å². The van der Waals surface area contributed by atoms with Crippen molar-refractivity contribution in [2.24, 2.45) is 0 Å².